The number of nitrogens with two attached hydrogens (primary N) is 1. The average Bonchev–Trinajstić information content (AvgIpc) is 2.54. The van der Waals surface area contributed by atoms with Crippen LogP contribution in [0, 0.1) is 0 Å². The Morgan fingerprint density at radius 1 is 1.10 bits per heavy atom. The Kier molecular flexibility index (Phi) is 16.5. The topological polar surface area (TPSA) is 46.2 Å². The van der Waals surface area contributed by atoms with Crippen molar-refractivity contribution < 1.29 is 5.11 Å². The quantitative estimate of drug-likeness (QED) is 0.504. The number of rotatable bonds is 1. The second-order valence-electron chi connectivity index (χ2n) is 3.80. The molecule has 1 aromatic carbocycles. The molecule has 3 N–H and O–H groups in total. The van der Waals surface area contributed by atoms with Crippen molar-refractivity contribution in [2.45, 2.75) is 39.5 Å². The number of hydrogen-bond acceptors (Lipinski definition) is 3. The molecule has 0 saturated heterocycles. The molecule has 0 bridgehead atoms. The summed E-state index contributed by atoms with van der Waals surface area (Å²) in [4.78, 5) is 0. The molecule has 1 aliphatic rings. The predicted octanol–water partition coefficient (Wildman–Crippen LogP) is 5.01. The van der Waals surface area contributed by atoms with Crippen molar-refractivity contribution in [2.75, 3.05) is 6.26 Å². The van der Waals surface area contributed by atoms with E-state index in [2.05, 4.69) is 31.4 Å². The number of para-hydroxylation sites is 1. The lowest BCUT2D eigenvalue weighted by atomic mass is 10.1. The molecule has 0 fully saturated rings. The Morgan fingerprint density at radius 2 is 1.55 bits per heavy atom. The minimum atomic E-state index is 0.176. The number of aromatic hydroxyl groups is 1. The van der Waals surface area contributed by atoms with Gasteiger partial charge in [0.2, 0.25) is 0 Å². The highest BCUT2D eigenvalue weighted by molar-refractivity contribution is 7.79. The molecule has 3 heteroatoms. The Bertz CT molecular complexity index is 367. The van der Waals surface area contributed by atoms with Crippen LogP contribution < -0.4 is 5.73 Å². The summed E-state index contributed by atoms with van der Waals surface area (Å²) in [6, 6.07) is 6.83. The SMILES string of the molecule is C1=CCCCC1.C=C(N)c1ccccc1O.CC.CS. The molecule has 0 heterocycles. The lowest BCUT2D eigenvalue weighted by Gasteiger charge is -2.00. The summed E-state index contributed by atoms with van der Waals surface area (Å²) in [6.07, 6.45) is 11.7. The molecular weight excluding hydrogens is 266 g/mol. The van der Waals surface area contributed by atoms with E-state index in [9.17, 15) is 0 Å². The van der Waals surface area contributed by atoms with Gasteiger partial charge in [-0.05, 0) is 44.1 Å². The third-order valence-electron chi connectivity index (χ3n) is 2.41. The second-order valence-corrected chi connectivity index (χ2v) is 3.80. The van der Waals surface area contributed by atoms with Gasteiger partial charge in [0.05, 0.1) is 0 Å². The van der Waals surface area contributed by atoms with E-state index in [4.69, 9.17) is 10.8 Å². The van der Waals surface area contributed by atoms with Crippen molar-refractivity contribution in [1.29, 1.82) is 0 Å². The highest BCUT2D eigenvalue weighted by atomic mass is 32.1. The molecule has 0 spiro atoms. The Labute approximate surface area is 129 Å². The Hall–Kier alpha value is -1.35. The summed E-state index contributed by atoms with van der Waals surface area (Å²) in [5, 5.41) is 9.14. The standard InChI is InChI=1S/C8H9NO.C6H10.C2H6.CH4S/c1-6(9)7-4-2-3-5-8(7)10;1-2-4-6-5-3-1;2*1-2/h2-5,10H,1,9H2;1-2H,3-6H2;1-2H3;2H,1H3. The summed E-state index contributed by atoms with van der Waals surface area (Å²) in [5.74, 6) is 0.176. The van der Waals surface area contributed by atoms with E-state index < -0.39 is 0 Å². The number of phenols is 1. The lowest BCUT2D eigenvalue weighted by Crippen LogP contribution is -1.93. The van der Waals surface area contributed by atoms with Gasteiger partial charge in [0.15, 0.2) is 0 Å². The van der Waals surface area contributed by atoms with Crippen molar-refractivity contribution in [3.63, 3.8) is 0 Å². The Morgan fingerprint density at radius 3 is 1.80 bits per heavy atom. The first-order valence-corrected chi connectivity index (χ1v) is 7.93. The van der Waals surface area contributed by atoms with Crippen LogP contribution in [0.25, 0.3) is 5.70 Å². The molecule has 1 aromatic rings. The molecule has 0 aliphatic heterocycles. The van der Waals surface area contributed by atoms with E-state index in [-0.39, 0.29) is 5.75 Å². The van der Waals surface area contributed by atoms with Gasteiger partial charge in [-0.3, -0.25) is 0 Å². The molecular formula is C17H29NOS. The smallest absolute Gasteiger partial charge is 0.124 e. The number of hydrogen-bond donors (Lipinski definition) is 3. The molecule has 0 radical (unpaired) electrons. The van der Waals surface area contributed by atoms with Crippen molar-refractivity contribution in [3.05, 3.63) is 48.6 Å². The molecule has 1 aliphatic carbocycles. The fourth-order valence-corrected chi connectivity index (χ4v) is 1.51. The third kappa shape index (κ3) is 10.6. The lowest BCUT2D eigenvalue weighted by molar-refractivity contribution is 0.473. The summed E-state index contributed by atoms with van der Waals surface area (Å²) < 4.78 is 0. The second kappa shape index (κ2) is 15.7. The molecule has 2 nitrogen and oxygen atoms in total. The van der Waals surface area contributed by atoms with Crippen LogP contribution in [0.15, 0.2) is 43.0 Å². The molecule has 0 unspecified atom stereocenters. The van der Waals surface area contributed by atoms with Crippen molar-refractivity contribution >= 4 is 18.3 Å². The van der Waals surface area contributed by atoms with Gasteiger partial charge in [-0.2, -0.15) is 12.6 Å². The highest BCUT2D eigenvalue weighted by Gasteiger charge is 1.97. The fraction of sp³-hybridized carbons (Fsp3) is 0.412. The zero-order chi connectivity index (χ0) is 15.8. The molecule has 0 atom stereocenters. The van der Waals surface area contributed by atoms with Crippen LogP contribution in [0.3, 0.4) is 0 Å². The van der Waals surface area contributed by atoms with Gasteiger partial charge in [0.25, 0.3) is 0 Å². The maximum absolute atomic E-state index is 9.14. The molecule has 2 rings (SSSR count). The highest BCUT2D eigenvalue weighted by Crippen LogP contribution is 2.19. The van der Waals surface area contributed by atoms with E-state index in [1.807, 2.05) is 13.8 Å². The van der Waals surface area contributed by atoms with Crippen LogP contribution in [0.1, 0.15) is 45.1 Å². The maximum Gasteiger partial charge on any atom is 0.124 e. The third-order valence-corrected chi connectivity index (χ3v) is 2.41. The largest absolute Gasteiger partial charge is 0.507 e. The minimum Gasteiger partial charge on any atom is -0.507 e. The van der Waals surface area contributed by atoms with E-state index >= 15 is 0 Å². The molecule has 20 heavy (non-hydrogen) atoms. The first-order valence-electron chi connectivity index (χ1n) is 7.04. The van der Waals surface area contributed by atoms with Crippen LogP contribution >= 0.6 is 12.6 Å². The molecule has 0 aromatic heterocycles. The van der Waals surface area contributed by atoms with Gasteiger partial charge in [0, 0.05) is 11.3 Å². The summed E-state index contributed by atoms with van der Waals surface area (Å²) in [5.41, 5.74) is 6.35. The molecule has 114 valence electrons. The number of allylic oxidation sites excluding steroid dienone is 2. The van der Waals surface area contributed by atoms with Crippen LogP contribution in [0.2, 0.25) is 0 Å². The van der Waals surface area contributed by atoms with E-state index in [1.54, 1.807) is 30.5 Å². The summed E-state index contributed by atoms with van der Waals surface area (Å²) in [7, 11) is 0. The van der Waals surface area contributed by atoms with E-state index in [1.165, 1.54) is 25.7 Å². The van der Waals surface area contributed by atoms with E-state index in [0.29, 0.717) is 11.3 Å². The van der Waals surface area contributed by atoms with Crippen molar-refractivity contribution in [2.24, 2.45) is 5.73 Å². The van der Waals surface area contributed by atoms with Crippen molar-refractivity contribution in [1.82, 2.24) is 0 Å². The monoisotopic (exact) mass is 295 g/mol. The van der Waals surface area contributed by atoms with Crippen LogP contribution in [0.5, 0.6) is 5.75 Å². The molecule has 0 amide bonds. The predicted molar refractivity (Wildman–Crippen MR) is 95.2 cm³/mol. The van der Waals surface area contributed by atoms with Crippen LogP contribution in [0.4, 0.5) is 0 Å². The number of phenolic OH excluding ortho intramolecular Hbond substituents is 1. The van der Waals surface area contributed by atoms with Gasteiger partial charge in [-0.1, -0.05) is 44.7 Å². The minimum absolute atomic E-state index is 0.176. The van der Waals surface area contributed by atoms with Crippen LogP contribution in [-0.2, 0) is 0 Å². The summed E-state index contributed by atoms with van der Waals surface area (Å²) >= 11 is 3.53. The average molecular weight is 295 g/mol. The van der Waals surface area contributed by atoms with Gasteiger partial charge in [-0.15, -0.1) is 0 Å². The van der Waals surface area contributed by atoms with Crippen LogP contribution in [-0.4, -0.2) is 11.4 Å². The van der Waals surface area contributed by atoms with E-state index in [0.717, 1.165) is 0 Å². The summed E-state index contributed by atoms with van der Waals surface area (Å²) in [6.45, 7) is 7.50. The number of thiol groups is 1. The fourth-order valence-electron chi connectivity index (χ4n) is 1.51. The Balaban J connectivity index is 0. The van der Waals surface area contributed by atoms with Gasteiger partial charge >= 0.3 is 0 Å². The van der Waals surface area contributed by atoms with Crippen molar-refractivity contribution in [3.8, 4) is 5.75 Å². The van der Waals surface area contributed by atoms with Gasteiger partial charge in [0.1, 0.15) is 5.75 Å². The first-order chi connectivity index (χ1) is 9.72. The zero-order valence-electron chi connectivity index (χ0n) is 13.0. The van der Waals surface area contributed by atoms with Gasteiger partial charge in [-0.25, -0.2) is 0 Å². The van der Waals surface area contributed by atoms with Gasteiger partial charge < -0.3 is 10.8 Å². The zero-order valence-corrected chi connectivity index (χ0v) is 13.9. The number of benzene rings is 1. The first kappa shape index (κ1) is 21.0. The molecule has 0 saturated carbocycles. The normalized spacial score (nSPS) is 11.6. The maximum atomic E-state index is 9.14.